The number of carbonyl (C=O) groups excluding carboxylic acids is 1. The van der Waals surface area contributed by atoms with E-state index in [4.69, 9.17) is 0 Å². The van der Waals surface area contributed by atoms with Crippen LogP contribution in [0.15, 0.2) is 42.0 Å². The van der Waals surface area contributed by atoms with Gasteiger partial charge in [0.1, 0.15) is 17.2 Å². The molecule has 0 saturated carbocycles. The Morgan fingerprint density at radius 3 is 2.87 bits per heavy atom. The van der Waals surface area contributed by atoms with Crippen molar-refractivity contribution in [1.82, 2.24) is 25.1 Å². The van der Waals surface area contributed by atoms with Gasteiger partial charge >= 0.3 is 0 Å². The number of rotatable bonds is 6. The highest BCUT2D eigenvalue weighted by molar-refractivity contribution is 7.09. The van der Waals surface area contributed by atoms with Crippen molar-refractivity contribution in [1.29, 1.82) is 0 Å². The fourth-order valence-electron chi connectivity index (χ4n) is 2.15. The van der Waals surface area contributed by atoms with Gasteiger partial charge in [-0.25, -0.2) is 4.98 Å². The summed E-state index contributed by atoms with van der Waals surface area (Å²) in [6.07, 6.45) is 2.60. The maximum Gasteiger partial charge on any atom is 0.220 e. The molecule has 1 amide bonds. The highest BCUT2D eigenvalue weighted by Gasteiger charge is 2.08. The molecule has 0 atom stereocenters. The molecular formula is C16H17N5OS. The predicted molar refractivity (Wildman–Crippen MR) is 88.7 cm³/mol. The molecule has 2 aromatic heterocycles. The molecule has 1 aromatic carbocycles. The Morgan fingerprint density at radius 2 is 2.13 bits per heavy atom. The summed E-state index contributed by atoms with van der Waals surface area (Å²) in [7, 11) is 1.87. The van der Waals surface area contributed by atoms with Gasteiger partial charge in [0.25, 0.3) is 0 Å². The number of amides is 1. The van der Waals surface area contributed by atoms with Crippen molar-refractivity contribution in [3.8, 4) is 11.3 Å². The van der Waals surface area contributed by atoms with Crippen molar-refractivity contribution in [3.63, 3.8) is 0 Å². The molecule has 6 nitrogen and oxygen atoms in total. The van der Waals surface area contributed by atoms with Crippen molar-refractivity contribution in [2.24, 2.45) is 7.05 Å². The van der Waals surface area contributed by atoms with Crippen LogP contribution in [0.25, 0.3) is 11.3 Å². The van der Waals surface area contributed by atoms with Gasteiger partial charge in [-0.3, -0.25) is 4.79 Å². The summed E-state index contributed by atoms with van der Waals surface area (Å²) < 4.78 is 1.82. The van der Waals surface area contributed by atoms with Crippen molar-refractivity contribution in [2.45, 2.75) is 19.4 Å². The third-order valence-electron chi connectivity index (χ3n) is 3.44. The predicted octanol–water partition coefficient (Wildman–Crippen LogP) is 2.19. The van der Waals surface area contributed by atoms with Gasteiger partial charge in [0.2, 0.25) is 5.91 Å². The summed E-state index contributed by atoms with van der Waals surface area (Å²) in [5, 5.41) is 13.6. The van der Waals surface area contributed by atoms with E-state index in [9.17, 15) is 4.79 Å². The molecule has 0 aliphatic carbocycles. The van der Waals surface area contributed by atoms with Gasteiger partial charge in [-0.05, 0) is 0 Å². The Kier molecular flexibility index (Phi) is 4.77. The minimum absolute atomic E-state index is 0.00976. The maximum absolute atomic E-state index is 11.9. The Labute approximate surface area is 138 Å². The van der Waals surface area contributed by atoms with Crippen LogP contribution in [0, 0.1) is 0 Å². The number of thiazole rings is 1. The number of benzene rings is 1. The zero-order chi connectivity index (χ0) is 16.1. The Balaban J connectivity index is 1.50. The van der Waals surface area contributed by atoms with Crippen molar-refractivity contribution in [3.05, 3.63) is 52.9 Å². The average molecular weight is 327 g/mol. The lowest BCUT2D eigenvalue weighted by molar-refractivity contribution is -0.121. The Morgan fingerprint density at radius 1 is 1.30 bits per heavy atom. The van der Waals surface area contributed by atoms with Crippen LogP contribution in [0.3, 0.4) is 0 Å². The van der Waals surface area contributed by atoms with E-state index >= 15 is 0 Å². The minimum Gasteiger partial charge on any atom is -0.350 e. The first-order valence-electron chi connectivity index (χ1n) is 7.32. The first-order valence-corrected chi connectivity index (χ1v) is 8.20. The lowest BCUT2D eigenvalue weighted by atomic mass is 10.2. The van der Waals surface area contributed by atoms with Gasteiger partial charge in [0.15, 0.2) is 0 Å². The van der Waals surface area contributed by atoms with Gasteiger partial charge < -0.3 is 9.88 Å². The van der Waals surface area contributed by atoms with E-state index in [-0.39, 0.29) is 5.91 Å². The number of aromatic nitrogens is 4. The number of carbonyl (C=O) groups is 1. The second-order valence-corrected chi connectivity index (χ2v) is 6.07. The fourth-order valence-corrected chi connectivity index (χ4v) is 2.90. The number of hydrogen-bond acceptors (Lipinski definition) is 5. The standard InChI is InChI=1S/C16H17N5OS/c1-21-11-18-20-14(21)7-8-15(22)17-9-16-19-13(10-23-16)12-5-3-2-4-6-12/h2-6,10-11H,7-9H2,1H3,(H,17,22). The normalized spacial score (nSPS) is 10.7. The smallest absolute Gasteiger partial charge is 0.220 e. The second-order valence-electron chi connectivity index (χ2n) is 5.13. The van der Waals surface area contributed by atoms with Gasteiger partial charge in [0.05, 0.1) is 12.2 Å². The van der Waals surface area contributed by atoms with Crippen molar-refractivity contribution >= 4 is 17.2 Å². The molecule has 0 unspecified atom stereocenters. The van der Waals surface area contributed by atoms with Crippen LogP contribution in [0.2, 0.25) is 0 Å². The second kappa shape index (κ2) is 7.15. The lowest BCUT2D eigenvalue weighted by Gasteiger charge is -2.03. The first kappa shape index (κ1) is 15.4. The van der Waals surface area contributed by atoms with Gasteiger partial charge in [-0.2, -0.15) is 0 Å². The molecule has 0 spiro atoms. The van der Waals surface area contributed by atoms with E-state index in [0.717, 1.165) is 22.1 Å². The van der Waals surface area contributed by atoms with E-state index in [1.807, 2.05) is 47.3 Å². The van der Waals surface area contributed by atoms with Crippen LogP contribution in [-0.4, -0.2) is 25.7 Å². The fraction of sp³-hybridized carbons (Fsp3) is 0.250. The van der Waals surface area contributed by atoms with Crippen LogP contribution in [0.4, 0.5) is 0 Å². The van der Waals surface area contributed by atoms with Gasteiger partial charge in [-0.1, -0.05) is 30.3 Å². The van der Waals surface area contributed by atoms with Gasteiger partial charge in [-0.15, -0.1) is 21.5 Å². The summed E-state index contributed by atoms with van der Waals surface area (Å²) in [4.78, 5) is 16.5. The van der Waals surface area contributed by atoms with Crippen molar-refractivity contribution in [2.75, 3.05) is 0 Å². The molecule has 2 heterocycles. The molecule has 0 aliphatic rings. The van der Waals surface area contributed by atoms with Crippen LogP contribution >= 0.6 is 11.3 Å². The van der Waals surface area contributed by atoms with E-state index in [0.29, 0.717) is 19.4 Å². The number of nitrogens with zero attached hydrogens (tertiary/aromatic N) is 4. The molecule has 0 bridgehead atoms. The van der Waals surface area contributed by atoms with Crippen LogP contribution in [0.5, 0.6) is 0 Å². The third kappa shape index (κ3) is 4.01. The number of nitrogens with one attached hydrogen (secondary N) is 1. The summed E-state index contributed by atoms with van der Waals surface area (Å²) in [6.45, 7) is 0.454. The zero-order valence-electron chi connectivity index (χ0n) is 12.8. The monoisotopic (exact) mass is 327 g/mol. The molecule has 0 saturated heterocycles. The summed E-state index contributed by atoms with van der Waals surface area (Å²) in [5.41, 5.74) is 2.03. The number of aryl methyl sites for hydroxylation is 2. The van der Waals surface area contributed by atoms with E-state index in [1.54, 1.807) is 17.7 Å². The first-order chi connectivity index (χ1) is 11.2. The molecule has 0 aliphatic heterocycles. The molecule has 118 valence electrons. The zero-order valence-corrected chi connectivity index (χ0v) is 13.6. The van der Waals surface area contributed by atoms with Crippen molar-refractivity contribution < 1.29 is 4.79 Å². The molecule has 3 aromatic rings. The minimum atomic E-state index is -0.00976. The molecule has 0 fully saturated rings. The highest BCUT2D eigenvalue weighted by atomic mass is 32.1. The summed E-state index contributed by atoms with van der Waals surface area (Å²) >= 11 is 1.55. The molecule has 23 heavy (non-hydrogen) atoms. The Bertz CT molecular complexity index is 781. The third-order valence-corrected chi connectivity index (χ3v) is 4.29. The summed E-state index contributed by atoms with van der Waals surface area (Å²) in [5.74, 6) is 0.797. The molecule has 0 radical (unpaired) electrons. The van der Waals surface area contributed by atoms with E-state index in [1.165, 1.54) is 0 Å². The highest BCUT2D eigenvalue weighted by Crippen LogP contribution is 2.21. The van der Waals surface area contributed by atoms with Crippen LogP contribution < -0.4 is 5.32 Å². The SMILES string of the molecule is Cn1cnnc1CCC(=O)NCc1nc(-c2ccccc2)cs1. The molecule has 3 rings (SSSR count). The number of hydrogen-bond donors (Lipinski definition) is 1. The average Bonchev–Trinajstić information content (AvgIpc) is 3.21. The van der Waals surface area contributed by atoms with Crippen LogP contribution in [0.1, 0.15) is 17.3 Å². The summed E-state index contributed by atoms with van der Waals surface area (Å²) in [6, 6.07) is 10.0. The lowest BCUT2D eigenvalue weighted by Crippen LogP contribution is -2.23. The maximum atomic E-state index is 11.9. The molecular weight excluding hydrogens is 310 g/mol. The molecule has 7 heteroatoms. The largest absolute Gasteiger partial charge is 0.350 e. The quantitative estimate of drug-likeness (QED) is 0.753. The Hall–Kier alpha value is -2.54. The van der Waals surface area contributed by atoms with E-state index < -0.39 is 0 Å². The molecule has 1 N–H and O–H groups in total. The topological polar surface area (TPSA) is 72.7 Å². The van der Waals surface area contributed by atoms with Gasteiger partial charge in [0, 0.05) is 30.8 Å². The van der Waals surface area contributed by atoms with Crippen LogP contribution in [-0.2, 0) is 24.8 Å². The van der Waals surface area contributed by atoms with E-state index in [2.05, 4.69) is 20.5 Å².